The van der Waals surface area contributed by atoms with Crippen LogP contribution in [0.2, 0.25) is 0 Å². The molecule has 1 aromatic heterocycles. The highest BCUT2D eigenvalue weighted by atomic mass is 79.9. The summed E-state index contributed by atoms with van der Waals surface area (Å²) in [7, 11) is 0. The maximum absolute atomic E-state index is 10.5. The summed E-state index contributed by atoms with van der Waals surface area (Å²) < 4.78 is 0.965. The lowest BCUT2D eigenvalue weighted by Gasteiger charge is -2.11. The molecule has 32 heavy (non-hydrogen) atoms. The molecule has 0 aliphatic rings. The molecule has 156 valence electrons. The van der Waals surface area contributed by atoms with Gasteiger partial charge in [-0.3, -0.25) is 0 Å². The summed E-state index contributed by atoms with van der Waals surface area (Å²) in [5, 5.41) is 17.9. The van der Waals surface area contributed by atoms with Crippen LogP contribution in [0.25, 0.3) is 32.9 Å². The summed E-state index contributed by atoms with van der Waals surface area (Å²) in [6, 6.07) is 27.4. The molecule has 0 unspecified atom stereocenters. The smallest absolute Gasteiger partial charge is 0.244 e. The monoisotopic (exact) mass is 482 g/mol. The Morgan fingerprint density at radius 2 is 1.66 bits per heavy atom. The number of hydrogen-bond acceptors (Lipinski definition) is 5. The Morgan fingerprint density at radius 3 is 2.50 bits per heavy atom. The lowest BCUT2D eigenvalue weighted by Crippen LogP contribution is -2.04. The summed E-state index contributed by atoms with van der Waals surface area (Å²) in [5.41, 5.74) is 6.94. The highest BCUT2D eigenvalue weighted by Crippen LogP contribution is 2.30. The summed E-state index contributed by atoms with van der Waals surface area (Å²) in [6.07, 6.45) is 0. The maximum Gasteiger partial charge on any atom is 0.244 e. The Hall–Kier alpha value is -3.77. The van der Waals surface area contributed by atoms with Crippen LogP contribution in [-0.4, -0.2) is 20.8 Å². The van der Waals surface area contributed by atoms with Crippen molar-refractivity contribution in [3.8, 4) is 17.0 Å². The van der Waals surface area contributed by atoms with E-state index >= 15 is 0 Å². The lowest BCUT2D eigenvalue weighted by molar-refractivity contribution is 0.475. The van der Waals surface area contributed by atoms with E-state index in [9.17, 15) is 5.11 Å². The minimum Gasteiger partial charge on any atom is -0.507 e. The number of hydrazone groups is 1. The molecule has 0 amide bonds. The molecule has 4 aromatic carbocycles. The van der Waals surface area contributed by atoms with Gasteiger partial charge in [0.15, 0.2) is 0 Å². The fourth-order valence-electron chi connectivity index (χ4n) is 3.80. The molecule has 0 atom stereocenters. The predicted molar refractivity (Wildman–Crippen MR) is 134 cm³/mol. The molecule has 6 heteroatoms. The van der Waals surface area contributed by atoms with Crippen molar-refractivity contribution in [2.45, 2.75) is 6.92 Å². The number of phenolic OH excluding ortho intramolecular Hbond substituents is 1. The van der Waals surface area contributed by atoms with Gasteiger partial charge in [-0.25, -0.2) is 15.4 Å². The van der Waals surface area contributed by atoms with Crippen LogP contribution in [-0.2, 0) is 0 Å². The molecule has 0 radical (unpaired) electrons. The summed E-state index contributed by atoms with van der Waals surface area (Å²) in [6.45, 7) is 1.85. The second kappa shape index (κ2) is 8.40. The van der Waals surface area contributed by atoms with E-state index in [1.165, 1.54) is 0 Å². The zero-order valence-corrected chi connectivity index (χ0v) is 18.8. The van der Waals surface area contributed by atoms with E-state index in [4.69, 9.17) is 4.98 Å². The molecule has 0 aliphatic carbocycles. The van der Waals surface area contributed by atoms with Crippen LogP contribution in [0.4, 0.5) is 5.95 Å². The van der Waals surface area contributed by atoms with Crippen molar-refractivity contribution in [3.63, 3.8) is 0 Å². The van der Waals surface area contributed by atoms with Gasteiger partial charge in [0.05, 0.1) is 16.9 Å². The van der Waals surface area contributed by atoms with Crippen LogP contribution in [0.1, 0.15) is 12.5 Å². The summed E-state index contributed by atoms with van der Waals surface area (Å²) in [4.78, 5) is 9.39. The number of phenols is 1. The fraction of sp³-hybridized carbons (Fsp3) is 0.0385. The van der Waals surface area contributed by atoms with Crippen molar-refractivity contribution in [3.05, 3.63) is 95.0 Å². The normalized spacial score (nSPS) is 11.8. The van der Waals surface area contributed by atoms with E-state index in [0.717, 1.165) is 37.4 Å². The Balaban J connectivity index is 1.59. The third kappa shape index (κ3) is 3.81. The Kier molecular flexibility index (Phi) is 5.29. The third-order valence-corrected chi connectivity index (χ3v) is 5.79. The van der Waals surface area contributed by atoms with Crippen LogP contribution >= 0.6 is 15.9 Å². The van der Waals surface area contributed by atoms with Crippen molar-refractivity contribution in [1.29, 1.82) is 0 Å². The number of aromatic nitrogens is 2. The number of rotatable bonds is 4. The van der Waals surface area contributed by atoms with E-state index in [1.807, 2.05) is 85.8 Å². The van der Waals surface area contributed by atoms with Crippen LogP contribution in [0, 0.1) is 0 Å². The molecule has 1 heterocycles. The van der Waals surface area contributed by atoms with Crippen LogP contribution in [0.3, 0.4) is 0 Å². The largest absolute Gasteiger partial charge is 0.507 e. The van der Waals surface area contributed by atoms with Gasteiger partial charge in [-0.2, -0.15) is 5.10 Å². The molecule has 0 spiro atoms. The van der Waals surface area contributed by atoms with Gasteiger partial charge in [0.25, 0.3) is 0 Å². The maximum atomic E-state index is 10.5. The second-order valence-electron chi connectivity index (χ2n) is 7.41. The van der Waals surface area contributed by atoms with E-state index < -0.39 is 0 Å². The Morgan fingerprint density at radius 1 is 0.875 bits per heavy atom. The molecule has 0 fully saturated rings. The molecule has 0 bridgehead atoms. The van der Waals surface area contributed by atoms with Gasteiger partial charge in [-0.05, 0) is 42.0 Å². The number of benzene rings is 4. The minimum absolute atomic E-state index is 0.181. The van der Waals surface area contributed by atoms with Crippen LogP contribution < -0.4 is 5.43 Å². The van der Waals surface area contributed by atoms with Gasteiger partial charge in [0, 0.05) is 21.0 Å². The number of fused-ring (bicyclic) bond motifs is 2. The molecular formula is C26H19BrN4O. The molecule has 5 rings (SSSR count). The summed E-state index contributed by atoms with van der Waals surface area (Å²) >= 11 is 3.54. The SMILES string of the molecule is CC(=NNc1nc(-c2ccccc2)c2cc(Br)ccc2n1)c1c(O)ccc2ccccc12. The first kappa shape index (κ1) is 20.2. The van der Waals surface area contributed by atoms with Gasteiger partial charge >= 0.3 is 0 Å². The van der Waals surface area contributed by atoms with Crippen LogP contribution in [0.5, 0.6) is 5.75 Å². The third-order valence-electron chi connectivity index (χ3n) is 5.30. The predicted octanol–water partition coefficient (Wildman–Crippen LogP) is 6.75. The number of hydrogen-bond donors (Lipinski definition) is 2. The fourth-order valence-corrected chi connectivity index (χ4v) is 4.16. The first-order valence-electron chi connectivity index (χ1n) is 10.1. The average molecular weight is 483 g/mol. The molecule has 5 aromatic rings. The van der Waals surface area contributed by atoms with Crippen molar-refractivity contribution < 1.29 is 5.11 Å². The molecule has 0 saturated carbocycles. The second-order valence-corrected chi connectivity index (χ2v) is 8.33. The molecule has 2 N–H and O–H groups in total. The molecule has 0 saturated heterocycles. The van der Waals surface area contributed by atoms with Gasteiger partial charge in [-0.1, -0.05) is 76.6 Å². The van der Waals surface area contributed by atoms with E-state index in [1.54, 1.807) is 6.07 Å². The quantitative estimate of drug-likeness (QED) is 0.219. The van der Waals surface area contributed by atoms with Crippen molar-refractivity contribution in [1.82, 2.24) is 9.97 Å². The Bertz CT molecular complexity index is 1480. The molecule has 5 nitrogen and oxygen atoms in total. The topological polar surface area (TPSA) is 70.4 Å². The van der Waals surface area contributed by atoms with Gasteiger partial charge < -0.3 is 5.11 Å². The zero-order chi connectivity index (χ0) is 22.1. The van der Waals surface area contributed by atoms with Gasteiger partial charge in [0.2, 0.25) is 5.95 Å². The van der Waals surface area contributed by atoms with Crippen molar-refractivity contribution in [2.75, 3.05) is 5.43 Å². The number of halogens is 1. The highest BCUT2D eigenvalue weighted by Gasteiger charge is 2.12. The molecule has 0 aliphatic heterocycles. The number of anilines is 1. The highest BCUT2D eigenvalue weighted by molar-refractivity contribution is 9.10. The van der Waals surface area contributed by atoms with Crippen molar-refractivity contribution >= 4 is 49.3 Å². The van der Waals surface area contributed by atoms with E-state index in [0.29, 0.717) is 17.2 Å². The lowest BCUT2D eigenvalue weighted by atomic mass is 10.0. The standard InChI is InChI=1S/C26H19BrN4O/c1-16(24-20-10-6-5-7-17(20)11-14-23(24)32)30-31-26-28-22-13-12-19(27)15-21(22)25(29-26)18-8-3-2-4-9-18/h2-15,32H,1H3,(H,28,29,31). The van der Waals surface area contributed by atoms with E-state index in [-0.39, 0.29) is 5.75 Å². The zero-order valence-electron chi connectivity index (χ0n) is 17.2. The number of nitrogens with one attached hydrogen (secondary N) is 1. The number of aromatic hydroxyl groups is 1. The van der Waals surface area contributed by atoms with Crippen molar-refractivity contribution in [2.24, 2.45) is 5.10 Å². The molecular weight excluding hydrogens is 464 g/mol. The first-order valence-corrected chi connectivity index (χ1v) is 10.9. The van der Waals surface area contributed by atoms with Gasteiger partial charge in [0.1, 0.15) is 5.75 Å². The summed E-state index contributed by atoms with van der Waals surface area (Å²) in [5.74, 6) is 0.568. The average Bonchev–Trinajstić information content (AvgIpc) is 2.82. The first-order chi connectivity index (χ1) is 15.6. The Labute approximate surface area is 193 Å². The van der Waals surface area contributed by atoms with E-state index in [2.05, 4.69) is 31.4 Å². The van der Waals surface area contributed by atoms with Gasteiger partial charge in [-0.15, -0.1) is 0 Å². The minimum atomic E-state index is 0.181. The number of nitrogens with zero attached hydrogens (tertiary/aromatic N) is 3. The van der Waals surface area contributed by atoms with Crippen LogP contribution in [0.15, 0.2) is 94.5 Å².